The molecule has 2 saturated heterocycles. The monoisotopic (exact) mass is 276 g/mol. The summed E-state index contributed by atoms with van der Waals surface area (Å²) in [5, 5.41) is 12.4. The van der Waals surface area contributed by atoms with E-state index >= 15 is 0 Å². The first-order valence-electron chi connectivity index (χ1n) is 7.21. The SMILES string of the molecule is Cc1cc(C(=O)O)nc(NC2CCN3CCCC3C2)n1. The lowest BCUT2D eigenvalue weighted by Gasteiger charge is -2.35. The Hall–Kier alpha value is -1.69. The highest BCUT2D eigenvalue weighted by atomic mass is 16.4. The van der Waals surface area contributed by atoms with Gasteiger partial charge in [0.1, 0.15) is 0 Å². The van der Waals surface area contributed by atoms with Crippen LogP contribution in [0.1, 0.15) is 41.9 Å². The normalized spacial score (nSPS) is 26.2. The zero-order chi connectivity index (χ0) is 14.1. The van der Waals surface area contributed by atoms with Gasteiger partial charge >= 0.3 is 5.97 Å². The molecule has 0 aromatic carbocycles. The van der Waals surface area contributed by atoms with Gasteiger partial charge in [0.2, 0.25) is 5.95 Å². The van der Waals surface area contributed by atoms with Crippen LogP contribution in [-0.4, -0.2) is 51.1 Å². The van der Waals surface area contributed by atoms with E-state index in [1.165, 1.54) is 25.5 Å². The molecule has 1 aromatic heterocycles. The molecular formula is C14H20N4O2. The fraction of sp³-hybridized carbons (Fsp3) is 0.643. The zero-order valence-electron chi connectivity index (χ0n) is 11.7. The molecule has 0 saturated carbocycles. The largest absolute Gasteiger partial charge is 0.477 e. The summed E-state index contributed by atoms with van der Waals surface area (Å²) in [6, 6.07) is 2.51. The van der Waals surface area contributed by atoms with Crippen LogP contribution in [0.3, 0.4) is 0 Å². The van der Waals surface area contributed by atoms with Crippen LogP contribution in [0.15, 0.2) is 6.07 Å². The molecule has 2 aliphatic heterocycles. The molecule has 3 heterocycles. The molecule has 0 amide bonds. The maximum absolute atomic E-state index is 11.0. The average Bonchev–Trinajstić information content (AvgIpc) is 2.85. The number of aryl methyl sites for hydroxylation is 1. The standard InChI is InChI=1S/C14H20N4O2/c1-9-7-12(13(19)20)17-14(15-9)16-10-4-6-18-5-2-3-11(18)8-10/h7,10-11H,2-6,8H2,1H3,(H,19,20)(H,15,16,17). The van der Waals surface area contributed by atoms with E-state index in [-0.39, 0.29) is 5.69 Å². The van der Waals surface area contributed by atoms with Gasteiger partial charge in [-0.3, -0.25) is 0 Å². The predicted molar refractivity (Wildman–Crippen MR) is 75.0 cm³/mol. The summed E-state index contributed by atoms with van der Waals surface area (Å²) in [5.41, 5.74) is 0.733. The minimum atomic E-state index is -1.01. The topological polar surface area (TPSA) is 78.3 Å². The van der Waals surface area contributed by atoms with Gasteiger partial charge < -0.3 is 15.3 Å². The van der Waals surface area contributed by atoms with Crippen molar-refractivity contribution in [3.63, 3.8) is 0 Å². The van der Waals surface area contributed by atoms with Gasteiger partial charge in [-0.2, -0.15) is 0 Å². The predicted octanol–water partition coefficient (Wildman–Crippen LogP) is 1.52. The second-order valence-electron chi connectivity index (χ2n) is 5.72. The van der Waals surface area contributed by atoms with Crippen molar-refractivity contribution >= 4 is 11.9 Å². The molecule has 0 radical (unpaired) electrons. The van der Waals surface area contributed by atoms with Gasteiger partial charge in [0, 0.05) is 24.3 Å². The third-order valence-electron chi connectivity index (χ3n) is 4.23. The summed E-state index contributed by atoms with van der Waals surface area (Å²) in [4.78, 5) is 22.0. The first-order chi connectivity index (χ1) is 9.61. The van der Waals surface area contributed by atoms with E-state index in [0.717, 1.165) is 19.4 Å². The van der Waals surface area contributed by atoms with Crippen molar-refractivity contribution in [3.8, 4) is 0 Å². The molecular weight excluding hydrogens is 256 g/mol. The van der Waals surface area contributed by atoms with Crippen LogP contribution in [0.5, 0.6) is 0 Å². The molecule has 6 heteroatoms. The van der Waals surface area contributed by atoms with Gasteiger partial charge in [-0.15, -0.1) is 0 Å². The number of carbonyl (C=O) groups is 1. The van der Waals surface area contributed by atoms with Crippen LogP contribution in [0.2, 0.25) is 0 Å². The Morgan fingerprint density at radius 3 is 3.05 bits per heavy atom. The average molecular weight is 276 g/mol. The number of aromatic carboxylic acids is 1. The zero-order valence-corrected chi connectivity index (χ0v) is 11.7. The van der Waals surface area contributed by atoms with Crippen LogP contribution in [-0.2, 0) is 0 Å². The Morgan fingerprint density at radius 2 is 2.25 bits per heavy atom. The van der Waals surface area contributed by atoms with Gasteiger partial charge in [0.25, 0.3) is 0 Å². The third-order valence-corrected chi connectivity index (χ3v) is 4.23. The smallest absolute Gasteiger partial charge is 0.354 e. The number of carboxylic acid groups (broad SMARTS) is 1. The van der Waals surface area contributed by atoms with E-state index in [2.05, 4.69) is 20.2 Å². The van der Waals surface area contributed by atoms with Gasteiger partial charge in [0.15, 0.2) is 5.69 Å². The highest BCUT2D eigenvalue weighted by Gasteiger charge is 2.31. The Morgan fingerprint density at radius 1 is 1.40 bits per heavy atom. The molecule has 2 fully saturated rings. The fourth-order valence-electron chi connectivity index (χ4n) is 3.28. The molecule has 0 bridgehead atoms. The number of nitrogens with one attached hydrogen (secondary N) is 1. The van der Waals surface area contributed by atoms with Crippen molar-refractivity contribution < 1.29 is 9.90 Å². The molecule has 108 valence electrons. The summed E-state index contributed by atoms with van der Waals surface area (Å²) >= 11 is 0. The summed E-state index contributed by atoms with van der Waals surface area (Å²) in [6.07, 6.45) is 4.73. The molecule has 0 aliphatic carbocycles. The van der Waals surface area contributed by atoms with Crippen LogP contribution >= 0.6 is 0 Å². The quantitative estimate of drug-likeness (QED) is 0.871. The van der Waals surface area contributed by atoms with Crippen LogP contribution < -0.4 is 5.32 Å². The maximum atomic E-state index is 11.0. The third kappa shape index (κ3) is 2.75. The summed E-state index contributed by atoms with van der Waals surface area (Å²) < 4.78 is 0. The Balaban J connectivity index is 1.70. The second-order valence-corrected chi connectivity index (χ2v) is 5.72. The van der Waals surface area contributed by atoms with E-state index in [0.29, 0.717) is 23.7 Å². The first-order valence-corrected chi connectivity index (χ1v) is 7.21. The fourth-order valence-corrected chi connectivity index (χ4v) is 3.28. The van der Waals surface area contributed by atoms with E-state index in [1.54, 1.807) is 6.92 Å². The number of anilines is 1. The van der Waals surface area contributed by atoms with Crippen molar-refractivity contribution in [2.24, 2.45) is 0 Å². The van der Waals surface area contributed by atoms with Gasteiger partial charge in [-0.25, -0.2) is 14.8 Å². The lowest BCUT2D eigenvalue weighted by molar-refractivity contribution is 0.0690. The summed E-state index contributed by atoms with van der Waals surface area (Å²) in [7, 11) is 0. The number of aromatic nitrogens is 2. The van der Waals surface area contributed by atoms with Crippen LogP contribution in [0, 0.1) is 6.92 Å². The summed E-state index contributed by atoms with van der Waals surface area (Å²) in [6.45, 7) is 4.13. The number of fused-ring (bicyclic) bond motifs is 1. The maximum Gasteiger partial charge on any atom is 0.354 e. The Bertz CT molecular complexity index is 520. The van der Waals surface area contributed by atoms with Crippen molar-refractivity contribution in [2.45, 2.75) is 44.7 Å². The molecule has 20 heavy (non-hydrogen) atoms. The second kappa shape index (κ2) is 5.36. The van der Waals surface area contributed by atoms with Gasteiger partial charge in [-0.1, -0.05) is 0 Å². The van der Waals surface area contributed by atoms with Crippen molar-refractivity contribution in [1.82, 2.24) is 14.9 Å². The number of piperidine rings is 1. The van der Waals surface area contributed by atoms with E-state index in [9.17, 15) is 4.79 Å². The highest BCUT2D eigenvalue weighted by Crippen LogP contribution is 2.28. The number of carboxylic acids is 1. The Kier molecular flexibility index (Phi) is 3.56. The molecule has 6 nitrogen and oxygen atoms in total. The lowest BCUT2D eigenvalue weighted by Crippen LogP contribution is -2.43. The molecule has 0 spiro atoms. The molecule has 3 rings (SSSR count). The molecule has 2 aliphatic rings. The summed E-state index contributed by atoms with van der Waals surface area (Å²) in [5.74, 6) is -0.567. The minimum absolute atomic E-state index is 0.0540. The number of nitrogens with zero attached hydrogens (tertiary/aromatic N) is 3. The van der Waals surface area contributed by atoms with E-state index in [4.69, 9.17) is 5.11 Å². The number of rotatable bonds is 3. The van der Waals surface area contributed by atoms with Gasteiger partial charge in [-0.05, 0) is 45.2 Å². The molecule has 2 unspecified atom stereocenters. The van der Waals surface area contributed by atoms with Crippen LogP contribution in [0.25, 0.3) is 0 Å². The first kappa shape index (κ1) is 13.3. The van der Waals surface area contributed by atoms with Crippen LogP contribution in [0.4, 0.5) is 5.95 Å². The van der Waals surface area contributed by atoms with Gasteiger partial charge in [0.05, 0.1) is 0 Å². The van der Waals surface area contributed by atoms with E-state index in [1.807, 2.05) is 0 Å². The molecule has 2 atom stereocenters. The highest BCUT2D eigenvalue weighted by molar-refractivity contribution is 5.85. The minimum Gasteiger partial charge on any atom is -0.477 e. The Labute approximate surface area is 118 Å². The van der Waals surface area contributed by atoms with Crippen molar-refractivity contribution in [1.29, 1.82) is 0 Å². The van der Waals surface area contributed by atoms with Crippen molar-refractivity contribution in [2.75, 3.05) is 18.4 Å². The molecule has 1 aromatic rings. The number of hydrogen-bond donors (Lipinski definition) is 2. The number of hydrogen-bond acceptors (Lipinski definition) is 5. The lowest BCUT2D eigenvalue weighted by atomic mass is 9.98. The van der Waals surface area contributed by atoms with E-state index < -0.39 is 5.97 Å². The van der Waals surface area contributed by atoms with Crippen molar-refractivity contribution in [3.05, 3.63) is 17.5 Å². The molecule has 2 N–H and O–H groups in total.